The van der Waals surface area contributed by atoms with Crippen molar-refractivity contribution in [3.63, 3.8) is 0 Å². The zero-order valence-corrected chi connectivity index (χ0v) is 7.53. The lowest BCUT2D eigenvalue weighted by molar-refractivity contribution is -0.104. The molecule has 1 aromatic heterocycles. The maximum Gasteiger partial charge on any atom is 0.336 e. The molecule has 1 aromatic rings. The Kier molecular flexibility index (Phi) is 2.80. The van der Waals surface area contributed by atoms with Crippen LogP contribution in [0, 0.1) is 6.92 Å². The first kappa shape index (κ1) is 9.45. The molecule has 0 aromatic carbocycles. The van der Waals surface area contributed by atoms with Gasteiger partial charge in [0.1, 0.15) is 12.0 Å². The number of carbonyl (C=O) groups is 1. The molecule has 13 heavy (non-hydrogen) atoms. The van der Waals surface area contributed by atoms with Gasteiger partial charge in [0, 0.05) is 6.07 Å². The second kappa shape index (κ2) is 3.85. The summed E-state index contributed by atoms with van der Waals surface area (Å²) in [5.41, 5.74) is 0.944. The highest BCUT2D eigenvalue weighted by Crippen LogP contribution is 2.04. The van der Waals surface area contributed by atoms with E-state index in [0.29, 0.717) is 17.6 Å². The summed E-state index contributed by atoms with van der Waals surface area (Å²) >= 11 is 0. The van der Waals surface area contributed by atoms with Crippen molar-refractivity contribution >= 4 is 12.4 Å². The molecule has 0 saturated carbocycles. The molecule has 0 atom stereocenters. The van der Waals surface area contributed by atoms with Crippen LogP contribution in [0.1, 0.15) is 18.2 Å². The summed E-state index contributed by atoms with van der Waals surface area (Å²) in [6.45, 7) is 3.44. The van der Waals surface area contributed by atoms with Crippen molar-refractivity contribution in [2.45, 2.75) is 13.8 Å². The Morgan fingerprint density at radius 2 is 2.15 bits per heavy atom. The molecule has 1 heterocycles. The second-order valence-corrected chi connectivity index (χ2v) is 2.86. The van der Waals surface area contributed by atoms with E-state index >= 15 is 0 Å². The van der Waals surface area contributed by atoms with E-state index in [0.717, 1.165) is 5.56 Å². The van der Waals surface area contributed by atoms with Gasteiger partial charge >= 0.3 is 5.63 Å². The molecule has 0 aliphatic carbocycles. The van der Waals surface area contributed by atoms with Gasteiger partial charge < -0.3 is 4.42 Å². The number of hydrogen-bond acceptors (Lipinski definition) is 3. The molecule has 0 radical (unpaired) electrons. The minimum atomic E-state index is -0.398. The first-order valence-corrected chi connectivity index (χ1v) is 3.87. The van der Waals surface area contributed by atoms with Crippen molar-refractivity contribution in [1.29, 1.82) is 0 Å². The SMILES string of the molecule is CC(C=O)=Cc1cc(C)cc(=O)o1. The summed E-state index contributed by atoms with van der Waals surface area (Å²) in [6.07, 6.45) is 2.24. The van der Waals surface area contributed by atoms with Gasteiger partial charge in [-0.15, -0.1) is 0 Å². The van der Waals surface area contributed by atoms with Crippen LogP contribution >= 0.6 is 0 Å². The van der Waals surface area contributed by atoms with Crippen molar-refractivity contribution < 1.29 is 9.21 Å². The monoisotopic (exact) mass is 178 g/mol. The Labute approximate surface area is 75.7 Å². The van der Waals surface area contributed by atoms with Crippen LogP contribution in [0.2, 0.25) is 0 Å². The smallest absolute Gasteiger partial charge is 0.336 e. The van der Waals surface area contributed by atoms with Crippen LogP contribution < -0.4 is 5.63 Å². The van der Waals surface area contributed by atoms with Gasteiger partial charge in [0.15, 0.2) is 0 Å². The Morgan fingerprint density at radius 3 is 2.69 bits per heavy atom. The van der Waals surface area contributed by atoms with Crippen molar-refractivity contribution in [3.8, 4) is 0 Å². The number of allylic oxidation sites excluding steroid dienone is 1. The average Bonchev–Trinajstić information content (AvgIpc) is 2.02. The van der Waals surface area contributed by atoms with Crippen molar-refractivity contribution in [3.05, 3.63) is 39.4 Å². The van der Waals surface area contributed by atoms with Crippen molar-refractivity contribution in [2.75, 3.05) is 0 Å². The zero-order valence-electron chi connectivity index (χ0n) is 7.53. The van der Waals surface area contributed by atoms with Gasteiger partial charge in [0.2, 0.25) is 0 Å². The maximum atomic E-state index is 10.9. The van der Waals surface area contributed by atoms with E-state index < -0.39 is 5.63 Å². The predicted octanol–water partition coefficient (Wildman–Crippen LogP) is 1.55. The third kappa shape index (κ3) is 2.71. The lowest BCUT2D eigenvalue weighted by Gasteiger charge is -1.94. The largest absolute Gasteiger partial charge is 0.423 e. The van der Waals surface area contributed by atoms with Gasteiger partial charge in [-0.2, -0.15) is 0 Å². The van der Waals surface area contributed by atoms with Crippen LogP contribution in [0.15, 0.2) is 26.9 Å². The van der Waals surface area contributed by atoms with E-state index in [1.165, 1.54) is 12.1 Å². The molecule has 0 aliphatic heterocycles. The third-order valence-corrected chi connectivity index (χ3v) is 1.49. The highest BCUT2D eigenvalue weighted by Gasteiger charge is 1.95. The fourth-order valence-corrected chi connectivity index (χ4v) is 0.957. The van der Waals surface area contributed by atoms with Gasteiger partial charge in [-0.3, -0.25) is 4.79 Å². The second-order valence-electron chi connectivity index (χ2n) is 2.86. The fourth-order valence-electron chi connectivity index (χ4n) is 0.957. The minimum absolute atomic E-state index is 0.398. The normalized spacial score (nSPS) is 11.4. The molecular weight excluding hydrogens is 168 g/mol. The number of aldehydes is 1. The lowest BCUT2D eigenvalue weighted by atomic mass is 10.2. The first-order valence-electron chi connectivity index (χ1n) is 3.87. The van der Waals surface area contributed by atoms with Crippen LogP contribution in [-0.4, -0.2) is 6.29 Å². The summed E-state index contributed by atoms with van der Waals surface area (Å²) < 4.78 is 4.84. The van der Waals surface area contributed by atoms with Gasteiger partial charge in [0.05, 0.1) is 0 Å². The van der Waals surface area contributed by atoms with Crippen LogP contribution in [-0.2, 0) is 4.79 Å². The van der Waals surface area contributed by atoms with Gasteiger partial charge in [-0.05, 0) is 37.1 Å². The van der Waals surface area contributed by atoms with Crippen LogP contribution in [0.4, 0.5) is 0 Å². The Balaban J connectivity index is 3.16. The zero-order chi connectivity index (χ0) is 9.84. The molecule has 0 aliphatic rings. The highest BCUT2D eigenvalue weighted by atomic mass is 16.4. The topological polar surface area (TPSA) is 47.3 Å². The molecule has 1 rings (SSSR count). The molecular formula is C10H10O3. The summed E-state index contributed by atoms with van der Waals surface area (Å²) in [5.74, 6) is 0.412. The summed E-state index contributed by atoms with van der Waals surface area (Å²) in [4.78, 5) is 21.2. The number of rotatable bonds is 2. The molecule has 0 spiro atoms. The Morgan fingerprint density at radius 1 is 1.46 bits per heavy atom. The molecule has 3 nitrogen and oxygen atoms in total. The molecule has 0 saturated heterocycles. The van der Waals surface area contributed by atoms with Gasteiger partial charge in [-0.25, -0.2) is 4.79 Å². The summed E-state index contributed by atoms with van der Waals surface area (Å²) in [6, 6.07) is 3.10. The van der Waals surface area contributed by atoms with Crippen LogP contribution in [0.3, 0.4) is 0 Å². The number of aryl methyl sites for hydroxylation is 1. The molecule has 3 heteroatoms. The Hall–Kier alpha value is -1.64. The molecule has 0 unspecified atom stereocenters. The van der Waals surface area contributed by atoms with E-state index in [9.17, 15) is 9.59 Å². The highest BCUT2D eigenvalue weighted by molar-refractivity contribution is 5.79. The van der Waals surface area contributed by atoms with E-state index in [4.69, 9.17) is 4.42 Å². The van der Waals surface area contributed by atoms with Gasteiger partial charge in [-0.1, -0.05) is 0 Å². The van der Waals surface area contributed by atoms with E-state index in [1.807, 2.05) is 0 Å². The van der Waals surface area contributed by atoms with Crippen molar-refractivity contribution in [2.24, 2.45) is 0 Å². The number of hydrogen-bond donors (Lipinski definition) is 0. The van der Waals surface area contributed by atoms with Crippen molar-refractivity contribution in [1.82, 2.24) is 0 Å². The Bertz CT molecular complexity index is 399. The molecule has 0 bridgehead atoms. The van der Waals surface area contributed by atoms with Gasteiger partial charge in [0.25, 0.3) is 0 Å². The minimum Gasteiger partial charge on any atom is -0.423 e. The molecule has 0 amide bonds. The fraction of sp³-hybridized carbons (Fsp3) is 0.200. The maximum absolute atomic E-state index is 10.9. The van der Waals surface area contributed by atoms with E-state index in [-0.39, 0.29) is 0 Å². The molecule has 0 N–H and O–H groups in total. The van der Waals surface area contributed by atoms with Crippen LogP contribution in [0.25, 0.3) is 6.08 Å². The number of carbonyl (C=O) groups excluding carboxylic acids is 1. The lowest BCUT2D eigenvalue weighted by Crippen LogP contribution is -1.98. The predicted molar refractivity (Wildman–Crippen MR) is 49.4 cm³/mol. The molecule has 68 valence electrons. The van der Waals surface area contributed by atoms with Crippen LogP contribution in [0.5, 0.6) is 0 Å². The average molecular weight is 178 g/mol. The molecule has 0 fully saturated rings. The quantitative estimate of drug-likeness (QED) is 0.510. The summed E-state index contributed by atoms with van der Waals surface area (Å²) in [5, 5.41) is 0. The van der Waals surface area contributed by atoms with E-state index in [1.54, 1.807) is 19.9 Å². The first-order chi connectivity index (χ1) is 6.11. The summed E-state index contributed by atoms with van der Waals surface area (Å²) in [7, 11) is 0. The standard InChI is InChI=1S/C10H10O3/c1-7-3-9(4-8(2)6-11)13-10(12)5-7/h3-6H,1-2H3. The van der Waals surface area contributed by atoms with E-state index in [2.05, 4.69) is 0 Å². The third-order valence-electron chi connectivity index (χ3n) is 1.49.